The van der Waals surface area contributed by atoms with E-state index in [0.29, 0.717) is 12.3 Å². The van der Waals surface area contributed by atoms with Crippen molar-refractivity contribution in [2.75, 3.05) is 13.2 Å². The zero-order valence-electron chi connectivity index (χ0n) is 9.58. The molecule has 2 amide bonds. The molecule has 1 aliphatic heterocycles. The first kappa shape index (κ1) is 12.6. The summed E-state index contributed by atoms with van der Waals surface area (Å²) in [5.41, 5.74) is 2.83. The van der Waals surface area contributed by atoms with Crippen LogP contribution in [0.15, 0.2) is 5.10 Å². The molecule has 0 spiro atoms. The predicted octanol–water partition coefficient (Wildman–Crippen LogP) is -0.206. The Bertz CT molecular complexity index is 292. The van der Waals surface area contributed by atoms with Gasteiger partial charge in [0.1, 0.15) is 0 Å². The number of nitrogens with zero attached hydrogens (tertiary/aromatic N) is 1. The number of ether oxygens (including phenoxy) is 1. The molecule has 0 aromatic rings. The van der Waals surface area contributed by atoms with Crippen molar-refractivity contribution in [3.8, 4) is 0 Å². The average Bonchev–Trinajstić information content (AvgIpc) is 2.75. The molecule has 0 aromatic carbocycles. The van der Waals surface area contributed by atoms with Gasteiger partial charge in [-0.15, -0.1) is 0 Å². The first-order valence-electron chi connectivity index (χ1n) is 5.30. The van der Waals surface area contributed by atoms with Crippen molar-refractivity contribution in [3.63, 3.8) is 0 Å². The molecular weight excluding hydrogens is 210 g/mol. The van der Waals surface area contributed by atoms with Crippen molar-refractivity contribution >= 4 is 17.5 Å². The maximum absolute atomic E-state index is 11.3. The SMILES string of the molecule is CC(C)=NNC(=O)C(=O)NC[C@H]1CCCO1. The highest BCUT2D eigenvalue weighted by molar-refractivity contribution is 6.35. The molecule has 1 saturated heterocycles. The second-order valence-electron chi connectivity index (χ2n) is 3.84. The Labute approximate surface area is 94.4 Å². The topological polar surface area (TPSA) is 79.8 Å². The Kier molecular flexibility index (Phi) is 4.91. The van der Waals surface area contributed by atoms with Gasteiger partial charge < -0.3 is 10.1 Å². The Balaban J connectivity index is 2.23. The van der Waals surface area contributed by atoms with Crippen LogP contribution in [0, 0.1) is 0 Å². The number of nitrogens with one attached hydrogen (secondary N) is 2. The number of hydrogen-bond donors (Lipinski definition) is 2. The third-order valence-electron chi connectivity index (χ3n) is 2.10. The van der Waals surface area contributed by atoms with Gasteiger partial charge in [0.25, 0.3) is 0 Å². The normalized spacial score (nSPS) is 19.0. The van der Waals surface area contributed by atoms with E-state index in [9.17, 15) is 9.59 Å². The molecule has 1 aliphatic rings. The second kappa shape index (κ2) is 6.22. The smallest absolute Gasteiger partial charge is 0.329 e. The monoisotopic (exact) mass is 227 g/mol. The summed E-state index contributed by atoms with van der Waals surface area (Å²) in [6.07, 6.45) is 1.97. The van der Waals surface area contributed by atoms with E-state index in [1.54, 1.807) is 13.8 Å². The number of hydrogen-bond acceptors (Lipinski definition) is 4. The Morgan fingerprint density at radius 2 is 2.12 bits per heavy atom. The molecule has 0 bridgehead atoms. The lowest BCUT2D eigenvalue weighted by Gasteiger charge is -2.09. The van der Waals surface area contributed by atoms with Gasteiger partial charge >= 0.3 is 11.8 Å². The van der Waals surface area contributed by atoms with Crippen LogP contribution in [0.2, 0.25) is 0 Å². The fourth-order valence-corrected chi connectivity index (χ4v) is 1.31. The summed E-state index contributed by atoms with van der Waals surface area (Å²) >= 11 is 0. The van der Waals surface area contributed by atoms with Gasteiger partial charge in [0, 0.05) is 18.9 Å². The Morgan fingerprint density at radius 1 is 1.38 bits per heavy atom. The van der Waals surface area contributed by atoms with Crippen molar-refractivity contribution in [3.05, 3.63) is 0 Å². The molecule has 1 heterocycles. The maximum atomic E-state index is 11.3. The summed E-state index contributed by atoms with van der Waals surface area (Å²) in [5.74, 6) is -1.43. The zero-order valence-corrected chi connectivity index (χ0v) is 9.58. The summed E-state index contributed by atoms with van der Waals surface area (Å²) < 4.78 is 5.31. The van der Waals surface area contributed by atoms with Gasteiger partial charge in [-0.25, -0.2) is 5.43 Å². The number of carbonyl (C=O) groups is 2. The largest absolute Gasteiger partial charge is 0.376 e. The third-order valence-corrected chi connectivity index (χ3v) is 2.10. The molecule has 0 unspecified atom stereocenters. The molecule has 0 radical (unpaired) electrons. The van der Waals surface area contributed by atoms with Gasteiger partial charge in [0.15, 0.2) is 0 Å². The fourth-order valence-electron chi connectivity index (χ4n) is 1.31. The minimum absolute atomic E-state index is 0.0353. The van der Waals surface area contributed by atoms with Gasteiger partial charge in [-0.05, 0) is 26.7 Å². The molecule has 0 saturated carbocycles. The third kappa shape index (κ3) is 4.39. The molecule has 1 fully saturated rings. The van der Waals surface area contributed by atoms with Crippen LogP contribution in [0.5, 0.6) is 0 Å². The van der Waals surface area contributed by atoms with Gasteiger partial charge in [-0.3, -0.25) is 9.59 Å². The summed E-state index contributed by atoms with van der Waals surface area (Å²) in [4.78, 5) is 22.4. The molecular formula is C10H17N3O3. The van der Waals surface area contributed by atoms with E-state index in [0.717, 1.165) is 19.4 Å². The molecule has 2 N–H and O–H groups in total. The zero-order chi connectivity index (χ0) is 12.0. The highest BCUT2D eigenvalue weighted by Gasteiger charge is 2.18. The van der Waals surface area contributed by atoms with Crippen LogP contribution >= 0.6 is 0 Å². The Morgan fingerprint density at radius 3 is 2.69 bits per heavy atom. The van der Waals surface area contributed by atoms with E-state index in [2.05, 4.69) is 15.8 Å². The van der Waals surface area contributed by atoms with Crippen LogP contribution in [-0.4, -0.2) is 36.8 Å². The summed E-state index contributed by atoms with van der Waals surface area (Å²) in [7, 11) is 0. The van der Waals surface area contributed by atoms with Crippen molar-refractivity contribution in [2.45, 2.75) is 32.8 Å². The molecule has 1 rings (SSSR count). The summed E-state index contributed by atoms with van der Waals surface area (Å²) in [6.45, 7) is 4.56. The number of amides is 2. The Hall–Kier alpha value is -1.43. The number of hydrazone groups is 1. The standard InChI is InChI=1S/C10H17N3O3/c1-7(2)12-13-10(15)9(14)11-6-8-4-3-5-16-8/h8H,3-6H2,1-2H3,(H,11,14)(H,13,15)/t8-/m1/s1. The number of rotatable bonds is 3. The lowest BCUT2D eigenvalue weighted by atomic mass is 10.2. The fraction of sp³-hybridized carbons (Fsp3) is 0.700. The van der Waals surface area contributed by atoms with Crippen LogP contribution < -0.4 is 10.7 Å². The molecule has 16 heavy (non-hydrogen) atoms. The highest BCUT2D eigenvalue weighted by atomic mass is 16.5. The van der Waals surface area contributed by atoms with E-state index in [-0.39, 0.29) is 6.10 Å². The van der Waals surface area contributed by atoms with Gasteiger partial charge in [-0.2, -0.15) is 5.10 Å². The lowest BCUT2D eigenvalue weighted by Crippen LogP contribution is -2.41. The van der Waals surface area contributed by atoms with Crippen molar-refractivity contribution in [2.24, 2.45) is 5.10 Å². The van der Waals surface area contributed by atoms with E-state index in [4.69, 9.17) is 4.74 Å². The van der Waals surface area contributed by atoms with Crippen LogP contribution in [-0.2, 0) is 14.3 Å². The first-order valence-corrected chi connectivity index (χ1v) is 5.30. The molecule has 90 valence electrons. The van der Waals surface area contributed by atoms with E-state index in [1.807, 2.05) is 0 Å². The average molecular weight is 227 g/mol. The molecule has 1 atom stereocenters. The lowest BCUT2D eigenvalue weighted by molar-refractivity contribution is -0.139. The van der Waals surface area contributed by atoms with Gasteiger partial charge in [0.2, 0.25) is 0 Å². The van der Waals surface area contributed by atoms with Crippen LogP contribution in [0.3, 0.4) is 0 Å². The van der Waals surface area contributed by atoms with E-state index < -0.39 is 11.8 Å². The molecule has 6 heteroatoms. The summed E-state index contributed by atoms with van der Waals surface area (Å²) in [5, 5.41) is 6.15. The highest BCUT2D eigenvalue weighted by Crippen LogP contribution is 2.10. The second-order valence-corrected chi connectivity index (χ2v) is 3.84. The van der Waals surface area contributed by atoms with Crippen LogP contribution in [0.4, 0.5) is 0 Å². The minimum Gasteiger partial charge on any atom is -0.376 e. The van der Waals surface area contributed by atoms with E-state index in [1.165, 1.54) is 0 Å². The maximum Gasteiger partial charge on any atom is 0.329 e. The van der Waals surface area contributed by atoms with Crippen molar-refractivity contribution in [1.82, 2.24) is 10.7 Å². The predicted molar refractivity (Wildman–Crippen MR) is 58.9 cm³/mol. The van der Waals surface area contributed by atoms with Crippen molar-refractivity contribution in [1.29, 1.82) is 0 Å². The summed E-state index contributed by atoms with van der Waals surface area (Å²) in [6, 6.07) is 0. The quantitative estimate of drug-likeness (QED) is 0.398. The number of carbonyl (C=O) groups excluding carboxylic acids is 2. The first-order chi connectivity index (χ1) is 7.59. The van der Waals surface area contributed by atoms with Gasteiger partial charge in [0.05, 0.1) is 6.10 Å². The van der Waals surface area contributed by atoms with Crippen molar-refractivity contribution < 1.29 is 14.3 Å². The molecule has 6 nitrogen and oxygen atoms in total. The molecule has 0 aliphatic carbocycles. The van der Waals surface area contributed by atoms with Crippen LogP contribution in [0.25, 0.3) is 0 Å². The van der Waals surface area contributed by atoms with Gasteiger partial charge in [-0.1, -0.05) is 0 Å². The van der Waals surface area contributed by atoms with Crippen LogP contribution in [0.1, 0.15) is 26.7 Å². The van der Waals surface area contributed by atoms with E-state index >= 15 is 0 Å². The molecule has 0 aromatic heterocycles. The minimum atomic E-state index is -0.751.